The summed E-state index contributed by atoms with van der Waals surface area (Å²) in [5.74, 6) is -0.581. The maximum absolute atomic E-state index is 13.8. The molecule has 6 rings (SSSR count). The molecular weight excluding hydrogens is 550 g/mol. The van der Waals surface area contributed by atoms with Gasteiger partial charge >= 0.3 is 5.69 Å². The summed E-state index contributed by atoms with van der Waals surface area (Å²) in [5, 5.41) is 11.4. The number of hydrogen-bond acceptors (Lipinski definition) is 4. The SMILES string of the molecule is Cc1c(-c2c(Cl)cc(C(N)=O)c3c2-c2ccc(C(C)(C)O)cc2C3)cccc1-n1c(=O)c2cccc(C)c2n(C)c1=O. The number of primary amides is 1. The van der Waals surface area contributed by atoms with Gasteiger partial charge in [0.1, 0.15) is 0 Å². The average molecular weight is 580 g/mol. The summed E-state index contributed by atoms with van der Waals surface area (Å²) >= 11 is 6.93. The van der Waals surface area contributed by atoms with Gasteiger partial charge in [-0.2, -0.15) is 0 Å². The number of carbonyl (C=O) groups is 1. The van der Waals surface area contributed by atoms with Crippen molar-refractivity contribution >= 4 is 28.4 Å². The number of rotatable bonds is 4. The molecule has 3 N–H and O–H groups in total. The zero-order valence-electron chi connectivity index (χ0n) is 24.0. The number of nitrogens with two attached hydrogens (primary N) is 1. The Kier molecular flexibility index (Phi) is 6.29. The zero-order valence-corrected chi connectivity index (χ0v) is 24.8. The number of para-hydroxylation sites is 1. The number of aliphatic hydroxyl groups is 1. The van der Waals surface area contributed by atoms with Gasteiger partial charge in [0.2, 0.25) is 5.91 Å². The molecule has 0 radical (unpaired) electrons. The number of fused-ring (bicyclic) bond motifs is 4. The molecule has 1 aliphatic carbocycles. The first kappa shape index (κ1) is 27.7. The molecule has 212 valence electrons. The van der Waals surface area contributed by atoms with E-state index < -0.39 is 22.8 Å². The first-order chi connectivity index (χ1) is 19.8. The van der Waals surface area contributed by atoms with Crippen LogP contribution in [0.25, 0.3) is 38.8 Å². The highest BCUT2D eigenvalue weighted by Crippen LogP contribution is 2.49. The van der Waals surface area contributed by atoms with Crippen molar-refractivity contribution < 1.29 is 9.90 Å². The predicted octanol–water partition coefficient (Wildman–Crippen LogP) is 5.52. The fourth-order valence-corrected chi connectivity index (χ4v) is 6.59. The molecule has 42 heavy (non-hydrogen) atoms. The number of aromatic nitrogens is 2. The van der Waals surface area contributed by atoms with E-state index in [-0.39, 0.29) is 0 Å². The van der Waals surface area contributed by atoms with E-state index in [2.05, 4.69) is 0 Å². The Morgan fingerprint density at radius 2 is 1.69 bits per heavy atom. The quantitative estimate of drug-likeness (QED) is 0.286. The molecule has 7 nitrogen and oxygen atoms in total. The Balaban J connectivity index is 1.65. The van der Waals surface area contributed by atoms with Gasteiger partial charge in [-0.3, -0.25) is 14.2 Å². The third kappa shape index (κ3) is 4.03. The maximum Gasteiger partial charge on any atom is 0.335 e. The van der Waals surface area contributed by atoms with Gasteiger partial charge in [-0.15, -0.1) is 0 Å². The molecule has 1 amide bonds. The molecule has 1 heterocycles. The first-order valence-electron chi connectivity index (χ1n) is 13.6. The molecular formula is C34H30ClN3O4. The smallest absolute Gasteiger partial charge is 0.335 e. The lowest BCUT2D eigenvalue weighted by Crippen LogP contribution is -2.38. The molecule has 0 unspecified atom stereocenters. The van der Waals surface area contributed by atoms with Crippen molar-refractivity contribution in [3.8, 4) is 27.9 Å². The van der Waals surface area contributed by atoms with Gasteiger partial charge in [0, 0.05) is 23.2 Å². The van der Waals surface area contributed by atoms with Crippen molar-refractivity contribution in [3.63, 3.8) is 0 Å². The Bertz CT molecular complexity index is 2120. The van der Waals surface area contributed by atoms with E-state index in [1.807, 2.05) is 44.2 Å². The largest absolute Gasteiger partial charge is 0.386 e. The van der Waals surface area contributed by atoms with Crippen LogP contribution in [0, 0.1) is 13.8 Å². The number of halogens is 1. The monoisotopic (exact) mass is 579 g/mol. The molecule has 0 spiro atoms. The summed E-state index contributed by atoms with van der Waals surface area (Å²) in [6.07, 6.45) is 0.444. The van der Waals surface area contributed by atoms with Crippen LogP contribution in [-0.2, 0) is 19.1 Å². The normalized spacial score (nSPS) is 12.5. The molecule has 0 saturated heterocycles. The van der Waals surface area contributed by atoms with Crippen molar-refractivity contribution in [3.05, 3.63) is 120 Å². The summed E-state index contributed by atoms with van der Waals surface area (Å²) in [5.41, 5.74) is 12.3. The minimum absolute atomic E-state index is 0.330. The molecule has 1 aliphatic rings. The first-order valence-corrected chi connectivity index (χ1v) is 14.0. The standard InChI is InChI=1S/C34H30ClN3O4/c1-17-8-6-10-23-30(17)37(5)33(41)38(32(23)40)27-11-7-9-21(18(27)2)29-26(35)16-25(31(36)39)24-15-19-14-20(34(3,4)42)12-13-22(19)28(24)29/h6-14,16,42H,15H2,1-5H3,(H2,36,39). The summed E-state index contributed by atoms with van der Waals surface area (Å²) in [7, 11) is 1.66. The van der Waals surface area contributed by atoms with Crippen LogP contribution in [0.1, 0.15) is 52.0 Å². The maximum atomic E-state index is 13.8. The fourth-order valence-electron chi connectivity index (χ4n) is 6.29. The van der Waals surface area contributed by atoms with Crippen molar-refractivity contribution in [1.29, 1.82) is 0 Å². The lowest BCUT2D eigenvalue weighted by atomic mass is 9.88. The van der Waals surface area contributed by atoms with Gasteiger partial charge in [0.25, 0.3) is 5.56 Å². The van der Waals surface area contributed by atoms with E-state index in [0.717, 1.165) is 38.9 Å². The van der Waals surface area contributed by atoms with Gasteiger partial charge in [-0.1, -0.05) is 54.1 Å². The Morgan fingerprint density at radius 3 is 2.38 bits per heavy atom. The fraction of sp³-hybridized carbons (Fsp3) is 0.206. The van der Waals surface area contributed by atoms with Crippen LogP contribution in [0.3, 0.4) is 0 Å². The van der Waals surface area contributed by atoms with Crippen LogP contribution >= 0.6 is 11.6 Å². The van der Waals surface area contributed by atoms with Crippen LogP contribution in [-0.4, -0.2) is 20.1 Å². The summed E-state index contributed by atoms with van der Waals surface area (Å²) in [6, 6.07) is 18.2. The minimum Gasteiger partial charge on any atom is -0.386 e. The molecule has 0 aliphatic heterocycles. The highest BCUT2D eigenvalue weighted by Gasteiger charge is 2.31. The number of benzene rings is 4. The third-order valence-corrected chi connectivity index (χ3v) is 8.70. The summed E-state index contributed by atoms with van der Waals surface area (Å²) in [4.78, 5) is 39.9. The third-order valence-electron chi connectivity index (χ3n) is 8.40. The van der Waals surface area contributed by atoms with E-state index in [1.54, 1.807) is 51.2 Å². The number of aryl methyl sites for hydroxylation is 2. The minimum atomic E-state index is -1.04. The molecule has 1 aromatic heterocycles. The van der Waals surface area contributed by atoms with Gasteiger partial charge in [0.05, 0.1) is 22.2 Å². The van der Waals surface area contributed by atoms with Crippen LogP contribution in [0.15, 0.2) is 70.3 Å². The lowest BCUT2D eigenvalue weighted by Gasteiger charge is -2.20. The van der Waals surface area contributed by atoms with Crippen molar-refractivity contribution in [2.24, 2.45) is 12.8 Å². The van der Waals surface area contributed by atoms with Gasteiger partial charge < -0.3 is 10.8 Å². The highest BCUT2D eigenvalue weighted by molar-refractivity contribution is 6.35. The molecule has 0 fully saturated rings. The summed E-state index contributed by atoms with van der Waals surface area (Å²) in [6.45, 7) is 7.18. The van der Waals surface area contributed by atoms with E-state index in [9.17, 15) is 19.5 Å². The average Bonchev–Trinajstić information content (AvgIpc) is 3.30. The number of amides is 1. The van der Waals surface area contributed by atoms with Gasteiger partial charge in [-0.05, 0) is 96.8 Å². The second kappa shape index (κ2) is 9.54. The van der Waals surface area contributed by atoms with Crippen LogP contribution in [0.5, 0.6) is 0 Å². The van der Waals surface area contributed by atoms with Crippen LogP contribution < -0.4 is 17.0 Å². The number of hydrogen-bond donors (Lipinski definition) is 2. The Morgan fingerprint density at radius 1 is 0.976 bits per heavy atom. The number of carbonyl (C=O) groups excluding carboxylic acids is 1. The van der Waals surface area contributed by atoms with Crippen molar-refractivity contribution in [2.45, 2.75) is 39.7 Å². The van der Waals surface area contributed by atoms with Gasteiger partial charge in [0.15, 0.2) is 0 Å². The summed E-state index contributed by atoms with van der Waals surface area (Å²) < 4.78 is 2.71. The topological polar surface area (TPSA) is 107 Å². The Labute approximate surface area is 247 Å². The van der Waals surface area contributed by atoms with E-state index in [4.69, 9.17) is 17.3 Å². The molecule has 4 aromatic carbocycles. The molecule has 8 heteroatoms. The highest BCUT2D eigenvalue weighted by atomic mass is 35.5. The number of nitrogens with zero attached hydrogens (tertiary/aromatic N) is 2. The van der Waals surface area contributed by atoms with Crippen LogP contribution in [0.4, 0.5) is 0 Å². The molecule has 0 bridgehead atoms. The van der Waals surface area contributed by atoms with Crippen molar-refractivity contribution in [1.82, 2.24) is 9.13 Å². The molecule has 0 atom stereocenters. The van der Waals surface area contributed by atoms with Gasteiger partial charge in [-0.25, -0.2) is 9.36 Å². The van der Waals surface area contributed by atoms with E-state index in [0.29, 0.717) is 44.7 Å². The Hall–Kier alpha value is -4.46. The predicted molar refractivity (Wildman–Crippen MR) is 167 cm³/mol. The van der Waals surface area contributed by atoms with Crippen LogP contribution in [0.2, 0.25) is 5.02 Å². The second-order valence-electron chi connectivity index (χ2n) is 11.5. The van der Waals surface area contributed by atoms with E-state index in [1.165, 1.54) is 9.13 Å². The zero-order chi connectivity index (χ0) is 30.2. The van der Waals surface area contributed by atoms with E-state index >= 15 is 0 Å². The lowest BCUT2D eigenvalue weighted by molar-refractivity contribution is 0.0785. The molecule has 5 aromatic rings. The van der Waals surface area contributed by atoms with Crippen molar-refractivity contribution in [2.75, 3.05) is 0 Å². The second-order valence-corrected chi connectivity index (χ2v) is 11.9. The molecule has 0 saturated carbocycles.